The molecular formula is C14H24N2O. The van der Waals surface area contributed by atoms with Crippen LogP contribution in [0.15, 0.2) is 11.6 Å². The van der Waals surface area contributed by atoms with Crippen molar-refractivity contribution in [2.24, 2.45) is 5.41 Å². The van der Waals surface area contributed by atoms with Crippen molar-refractivity contribution in [1.82, 2.24) is 10.2 Å². The molecule has 3 nitrogen and oxygen atoms in total. The van der Waals surface area contributed by atoms with E-state index in [1.54, 1.807) is 0 Å². The summed E-state index contributed by atoms with van der Waals surface area (Å²) in [7, 11) is 0. The number of Topliss-reactive ketones (excluding diaryl/α,β-unsaturated/α-hetero) is 1. The highest BCUT2D eigenvalue weighted by molar-refractivity contribution is 5.96. The first-order valence-corrected chi connectivity index (χ1v) is 6.74. The average Bonchev–Trinajstić information content (AvgIpc) is 2.32. The van der Waals surface area contributed by atoms with Crippen LogP contribution in [0.5, 0.6) is 0 Å². The standard InChI is InChI=1S/C14H24N2O/c1-4-11-10-14(2,3)13(9-12(11)17)16-7-5-15-6-8-16/h10,13,15H,4-9H2,1-3H3. The lowest BCUT2D eigenvalue weighted by Crippen LogP contribution is -2.54. The van der Waals surface area contributed by atoms with E-state index in [-0.39, 0.29) is 5.41 Å². The van der Waals surface area contributed by atoms with Gasteiger partial charge in [-0.25, -0.2) is 0 Å². The van der Waals surface area contributed by atoms with Gasteiger partial charge in [-0.3, -0.25) is 9.69 Å². The number of hydrogen-bond acceptors (Lipinski definition) is 3. The fraction of sp³-hybridized carbons (Fsp3) is 0.786. The lowest BCUT2D eigenvalue weighted by Gasteiger charge is -2.45. The van der Waals surface area contributed by atoms with Gasteiger partial charge < -0.3 is 5.32 Å². The van der Waals surface area contributed by atoms with Crippen LogP contribution in [0.4, 0.5) is 0 Å². The van der Waals surface area contributed by atoms with Crippen LogP contribution in [-0.4, -0.2) is 42.9 Å². The maximum Gasteiger partial charge on any atom is 0.160 e. The molecule has 1 saturated heterocycles. The molecule has 96 valence electrons. The number of carbonyl (C=O) groups excluding carboxylic acids is 1. The van der Waals surface area contributed by atoms with Crippen molar-refractivity contribution in [2.75, 3.05) is 26.2 Å². The summed E-state index contributed by atoms with van der Waals surface area (Å²) in [5.74, 6) is 0.357. The molecule has 0 aromatic carbocycles. The molecule has 0 aromatic rings. The van der Waals surface area contributed by atoms with E-state index < -0.39 is 0 Å². The van der Waals surface area contributed by atoms with Gasteiger partial charge in [0.15, 0.2) is 5.78 Å². The Balaban J connectivity index is 2.18. The van der Waals surface area contributed by atoms with Crippen molar-refractivity contribution in [3.8, 4) is 0 Å². The summed E-state index contributed by atoms with van der Waals surface area (Å²) in [6.45, 7) is 10.8. The molecule has 1 unspecified atom stereocenters. The highest BCUT2D eigenvalue weighted by Crippen LogP contribution is 2.36. The normalized spacial score (nSPS) is 30.2. The van der Waals surface area contributed by atoms with E-state index in [9.17, 15) is 4.79 Å². The van der Waals surface area contributed by atoms with Gasteiger partial charge in [0.25, 0.3) is 0 Å². The third kappa shape index (κ3) is 2.61. The second-order valence-corrected chi connectivity index (χ2v) is 5.77. The van der Waals surface area contributed by atoms with Gasteiger partial charge in [-0.05, 0) is 17.4 Å². The van der Waals surface area contributed by atoms with Crippen LogP contribution < -0.4 is 5.32 Å². The number of nitrogens with zero attached hydrogens (tertiary/aromatic N) is 1. The zero-order valence-corrected chi connectivity index (χ0v) is 11.3. The summed E-state index contributed by atoms with van der Waals surface area (Å²) in [6.07, 6.45) is 3.79. The molecular weight excluding hydrogens is 212 g/mol. The van der Waals surface area contributed by atoms with E-state index in [1.165, 1.54) is 0 Å². The van der Waals surface area contributed by atoms with Gasteiger partial charge in [0.05, 0.1) is 0 Å². The van der Waals surface area contributed by atoms with Gasteiger partial charge in [0.2, 0.25) is 0 Å². The predicted octanol–water partition coefficient (Wildman–Crippen LogP) is 1.60. The van der Waals surface area contributed by atoms with E-state index in [4.69, 9.17) is 0 Å². The summed E-state index contributed by atoms with van der Waals surface area (Å²) in [4.78, 5) is 14.5. The minimum atomic E-state index is 0.122. The van der Waals surface area contributed by atoms with Crippen LogP contribution in [0, 0.1) is 5.41 Å². The van der Waals surface area contributed by atoms with E-state index in [0.717, 1.165) is 38.2 Å². The monoisotopic (exact) mass is 236 g/mol. The second-order valence-electron chi connectivity index (χ2n) is 5.77. The molecule has 1 heterocycles. The maximum absolute atomic E-state index is 12.1. The molecule has 0 saturated carbocycles. The minimum Gasteiger partial charge on any atom is -0.314 e. The first-order chi connectivity index (χ1) is 8.04. The average molecular weight is 236 g/mol. The SMILES string of the molecule is CCC1=CC(C)(C)C(N2CCNCC2)CC1=O. The van der Waals surface area contributed by atoms with Gasteiger partial charge >= 0.3 is 0 Å². The summed E-state index contributed by atoms with van der Waals surface area (Å²) in [6, 6.07) is 0.382. The Morgan fingerprint density at radius 2 is 2.06 bits per heavy atom. The Morgan fingerprint density at radius 1 is 1.41 bits per heavy atom. The number of ketones is 1. The van der Waals surface area contributed by atoms with Crippen molar-refractivity contribution >= 4 is 5.78 Å². The largest absolute Gasteiger partial charge is 0.314 e. The zero-order chi connectivity index (χ0) is 12.5. The second kappa shape index (κ2) is 4.91. The van der Waals surface area contributed by atoms with Crippen molar-refractivity contribution < 1.29 is 4.79 Å². The predicted molar refractivity (Wildman–Crippen MR) is 70.0 cm³/mol. The van der Waals surface area contributed by atoms with E-state index >= 15 is 0 Å². The molecule has 1 aliphatic carbocycles. The number of rotatable bonds is 2. The fourth-order valence-corrected chi connectivity index (χ4v) is 3.09. The Labute approximate surface area is 104 Å². The maximum atomic E-state index is 12.1. The zero-order valence-electron chi connectivity index (χ0n) is 11.3. The number of allylic oxidation sites excluding steroid dienone is 1. The highest BCUT2D eigenvalue weighted by Gasteiger charge is 2.38. The summed E-state index contributed by atoms with van der Waals surface area (Å²) in [5, 5.41) is 3.37. The van der Waals surface area contributed by atoms with Gasteiger partial charge in [-0.1, -0.05) is 26.8 Å². The number of piperazine rings is 1. The third-order valence-electron chi connectivity index (χ3n) is 4.12. The lowest BCUT2D eigenvalue weighted by atomic mass is 9.73. The molecule has 0 spiro atoms. The Bertz CT molecular complexity index is 327. The molecule has 1 N–H and O–H groups in total. The molecule has 1 aliphatic heterocycles. The van der Waals surface area contributed by atoms with Crippen LogP contribution >= 0.6 is 0 Å². The molecule has 3 heteroatoms. The number of nitrogens with one attached hydrogen (secondary N) is 1. The number of carbonyl (C=O) groups is 1. The van der Waals surface area contributed by atoms with Crippen LogP contribution in [0.1, 0.15) is 33.6 Å². The van der Waals surface area contributed by atoms with Crippen molar-refractivity contribution in [2.45, 2.75) is 39.7 Å². The smallest absolute Gasteiger partial charge is 0.160 e. The number of hydrogen-bond donors (Lipinski definition) is 1. The van der Waals surface area contributed by atoms with Crippen LogP contribution in [0.2, 0.25) is 0 Å². The minimum absolute atomic E-state index is 0.122. The van der Waals surface area contributed by atoms with Crippen LogP contribution in [-0.2, 0) is 4.79 Å². The van der Waals surface area contributed by atoms with E-state index in [2.05, 4.69) is 37.1 Å². The van der Waals surface area contributed by atoms with Crippen LogP contribution in [0.3, 0.4) is 0 Å². The lowest BCUT2D eigenvalue weighted by molar-refractivity contribution is -0.118. The molecule has 1 atom stereocenters. The van der Waals surface area contributed by atoms with Crippen molar-refractivity contribution in [1.29, 1.82) is 0 Å². The van der Waals surface area contributed by atoms with Gasteiger partial charge in [0, 0.05) is 38.6 Å². The molecule has 2 aliphatic rings. The third-order valence-corrected chi connectivity index (χ3v) is 4.12. The molecule has 0 aromatic heterocycles. The fourth-order valence-electron chi connectivity index (χ4n) is 3.09. The molecule has 17 heavy (non-hydrogen) atoms. The van der Waals surface area contributed by atoms with Crippen molar-refractivity contribution in [3.05, 3.63) is 11.6 Å². The quantitative estimate of drug-likeness (QED) is 0.790. The Morgan fingerprint density at radius 3 is 2.65 bits per heavy atom. The van der Waals surface area contributed by atoms with Crippen LogP contribution in [0.25, 0.3) is 0 Å². The van der Waals surface area contributed by atoms with E-state index in [0.29, 0.717) is 18.2 Å². The summed E-state index contributed by atoms with van der Waals surface area (Å²) < 4.78 is 0. The molecule has 1 fully saturated rings. The molecule has 0 radical (unpaired) electrons. The molecule has 2 rings (SSSR count). The van der Waals surface area contributed by atoms with Gasteiger partial charge in [-0.2, -0.15) is 0 Å². The first-order valence-electron chi connectivity index (χ1n) is 6.74. The topological polar surface area (TPSA) is 32.3 Å². The molecule has 0 amide bonds. The summed E-state index contributed by atoms with van der Waals surface area (Å²) in [5.41, 5.74) is 1.15. The van der Waals surface area contributed by atoms with E-state index in [1.807, 2.05) is 0 Å². The molecule has 0 bridgehead atoms. The van der Waals surface area contributed by atoms with Gasteiger partial charge in [0.1, 0.15) is 0 Å². The Kier molecular flexibility index (Phi) is 3.69. The van der Waals surface area contributed by atoms with Crippen molar-refractivity contribution in [3.63, 3.8) is 0 Å². The first kappa shape index (κ1) is 12.8. The highest BCUT2D eigenvalue weighted by atomic mass is 16.1. The Hall–Kier alpha value is -0.670. The summed E-state index contributed by atoms with van der Waals surface area (Å²) >= 11 is 0. The van der Waals surface area contributed by atoms with Gasteiger partial charge in [-0.15, -0.1) is 0 Å².